The van der Waals surface area contributed by atoms with Crippen LogP contribution in [0, 0.1) is 6.92 Å². The van der Waals surface area contributed by atoms with Gasteiger partial charge in [-0.05, 0) is 37.6 Å². The lowest BCUT2D eigenvalue weighted by Crippen LogP contribution is -1.95. The summed E-state index contributed by atoms with van der Waals surface area (Å²) >= 11 is -1.91. The molecule has 0 aliphatic heterocycles. The molecule has 0 aliphatic carbocycles. The first kappa shape index (κ1) is 10.2. The van der Waals surface area contributed by atoms with Gasteiger partial charge in [-0.2, -0.15) is 0 Å². The molecule has 0 radical (unpaired) electrons. The predicted molar refractivity (Wildman–Crippen MR) is 51.4 cm³/mol. The van der Waals surface area contributed by atoms with Crippen LogP contribution in [0.1, 0.15) is 12.5 Å². The summed E-state index contributed by atoms with van der Waals surface area (Å²) in [5.74, 6) is 0.731. The van der Waals surface area contributed by atoms with E-state index in [4.69, 9.17) is 9.29 Å². The summed E-state index contributed by atoms with van der Waals surface area (Å²) in [6.45, 7) is 4.28. The fourth-order valence-electron chi connectivity index (χ4n) is 1.07. The van der Waals surface area contributed by atoms with E-state index in [1.54, 1.807) is 25.1 Å². The average molecular weight is 200 g/mol. The van der Waals surface area contributed by atoms with E-state index in [0.717, 1.165) is 11.3 Å². The molecule has 1 rings (SSSR count). The first-order valence-corrected chi connectivity index (χ1v) is 5.10. The molecule has 0 heterocycles. The van der Waals surface area contributed by atoms with Gasteiger partial charge in [-0.1, -0.05) is 0 Å². The van der Waals surface area contributed by atoms with Gasteiger partial charge >= 0.3 is 0 Å². The van der Waals surface area contributed by atoms with Gasteiger partial charge in [-0.15, -0.1) is 0 Å². The Kier molecular flexibility index (Phi) is 3.45. The summed E-state index contributed by atoms with van der Waals surface area (Å²) in [5, 5.41) is 0. The van der Waals surface area contributed by atoms with Gasteiger partial charge in [0, 0.05) is 0 Å². The maximum atomic E-state index is 10.8. The van der Waals surface area contributed by atoms with E-state index in [0.29, 0.717) is 11.5 Å². The lowest BCUT2D eigenvalue weighted by atomic mass is 10.2. The van der Waals surface area contributed by atoms with Crippen LogP contribution in [-0.2, 0) is 11.1 Å². The highest BCUT2D eigenvalue weighted by atomic mass is 32.2. The summed E-state index contributed by atoms with van der Waals surface area (Å²) in [6.07, 6.45) is 0. The summed E-state index contributed by atoms with van der Waals surface area (Å²) < 4.78 is 24.9. The molecule has 0 saturated carbocycles. The molecular weight excluding hydrogens is 188 g/mol. The minimum Gasteiger partial charge on any atom is -0.494 e. The highest BCUT2D eigenvalue weighted by Gasteiger charge is 2.04. The Labute approximate surface area is 80.0 Å². The van der Waals surface area contributed by atoms with Gasteiger partial charge < -0.3 is 9.29 Å². The fraction of sp³-hybridized carbons (Fsp3) is 0.333. The molecule has 13 heavy (non-hydrogen) atoms. The van der Waals surface area contributed by atoms with Crippen LogP contribution in [0.4, 0.5) is 0 Å². The van der Waals surface area contributed by atoms with Crippen molar-refractivity contribution in [3.8, 4) is 5.75 Å². The molecule has 0 saturated heterocycles. The number of ether oxygens (including phenoxy) is 1. The molecule has 0 aliphatic rings. The lowest BCUT2D eigenvalue weighted by Gasteiger charge is -2.05. The van der Waals surface area contributed by atoms with E-state index >= 15 is 0 Å². The van der Waals surface area contributed by atoms with E-state index in [-0.39, 0.29) is 0 Å². The second-order valence-electron chi connectivity index (χ2n) is 2.61. The van der Waals surface area contributed by atoms with Crippen molar-refractivity contribution in [1.82, 2.24) is 0 Å². The van der Waals surface area contributed by atoms with Crippen LogP contribution < -0.4 is 4.74 Å². The van der Waals surface area contributed by atoms with Crippen molar-refractivity contribution in [3.05, 3.63) is 23.8 Å². The van der Waals surface area contributed by atoms with Crippen LogP contribution in [0.3, 0.4) is 0 Å². The number of hydrogen-bond donors (Lipinski definition) is 1. The van der Waals surface area contributed by atoms with Crippen molar-refractivity contribution in [2.75, 3.05) is 6.61 Å². The number of benzene rings is 1. The molecule has 0 amide bonds. The summed E-state index contributed by atoms with van der Waals surface area (Å²) in [7, 11) is 0. The molecular formula is C9H12O3S. The van der Waals surface area contributed by atoms with E-state index in [1.807, 2.05) is 6.92 Å². The molecule has 0 spiro atoms. The van der Waals surface area contributed by atoms with Crippen molar-refractivity contribution in [3.63, 3.8) is 0 Å². The Morgan fingerprint density at radius 3 is 2.69 bits per heavy atom. The van der Waals surface area contributed by atoms with Crippen molar-refractivity contribution < 1.29 is 13.5 Å². The average Bonchev–Trinajstić information content (AvgIpc) is 2.04. The van der Waals surface area contributed by atoms with E-state index in [1.165, 1.54) is 0 Å². The number of aryl methyl sites for hydroxylation is 1. The first-order chi connectivity index (χ1) is 6.15. The zero-order chi connectivity index (χ0) is 9.84. The smallest absolute Gasteiger partial charge is 0.186 e. The van der Waals surface area contributed by atoms with Crippen LogP contribution in [0.25, 0.3) is 0 Å². The standard InChI is InChI=1S/C9H12O3S/c1-3-12-8-4-5-9(13(10)11)7(2)6-8/h4-6H,3H2,1-2H3,(H,10,11). The van der Waals surface area contributed by atoms with Crippen LogP contribution in [-0.4, -0.2) is 15.4 Å². The first-order valence-electron chi connectivity index (χ1n) is 3.99. The normalized spacial score (nSPS) is 12.5. The molecule has 0 aromatic heterocycles. The topological polar surface area (TPSA) is 46.5 Å². The Balaban J connectivity index is 2.98. The van der Waals surface area contributed by atoms with Gasteiger partial charge in [-0.25, -0.2) is 4.21 Å². The Morgan fingerprint density at radius 2 is 2.23 bits per heavy atom. The third-order valence-corrected chi connectivity index (χ3v) is 2.48. The second-order valence-corrected chi connectivity index (χ2v) is 3.55. The molecule has 72 valence electrons. The monoisotopic (exact) mass is 200 g/mol. The number of rotatable bonds is 3. The van der Waals surface area contributed by atoms with E-state index < -0.39 is 11.1 Å². The lowest BCUT2D eigenvalue weighted by molar-refractivity contribution is 0.339. The molecule has 0 fully saturated rings. The molecule has 1 N–H and O–H groups in total. The highest BCUT2D eigenvalue weighted by molar-refractivity contribution is 7.79. The molecule has 1 unspecified atom stereocenters. The maximum Gasteiger partial charge on any atom is 0.186 e. The van der Waals surface area contributed by atoms with Crippen molar-refractivity contribution >= 4 is 11.1 Å². The second kappa shape index (κ2) is 4.39. The zero-order valence-electron chi connectivity index (χ0n) is 7.61. The predicted octanol–water partition coefficient (Wildman–Crippen LogP) is 1.97. The largest absolute Gasteiger partial charge is 0.494 e. The number of hydrogen-bond acceptors (Lipinski definition) is 2. The van der Waals surface area contributed by atoms with Crippen molar-refractivity contribution in [2.24, 2.45) is 0 Å². The minimum absolute atomic E-state index is 0.434. The van der Waals surface area contributed by atoms with Crippen LogP contribution >= 0.6 is 0 Å². The Hall–Kier alpha value is -0.870. The Morgan fingerprint density at radius 1 is 1.54 bits per heavy atom. The third-order valence-electron chi connectivity index (χ3n) is 1.65. The zero-order valence-corrected chi connectivity index (χ0v) is 8.43. The third kappa shape index (κ3) is 2.54. The maximum absolute atomic E-state index is 10.8. The van der Waals surface area contributed by atoms with Gasteiger partial charge in [0.2, 0.25) is 0 Å². The molecule has 4 heteroatoms. The van der Waals surface area contributed by atoms with E-state index in [2.05, 4.69) is 0 Å². The summed E-state index contributed by atoms with van der Waals surface area (Å²) in [6, 6.07) is 5.06. The van der Waals surface area contributed by atoms with Crippen molar-refractivity contribution in [2.45, 2.75) is 18.7 Å². The molecule has 1 atom stereocenters. The van der Waals surface area contributed by atoms with Gasteiger partial charge in [-0.3, -0.25) is 0 Å². The molecule has 1 aromatic carbocycles. The SMILES string of the molecule is CCOc1ccc(S(=O)O)c(C)c1. The molecule has 0 bridgehead atoms. The summed E-state index contributed by atoms with van der Waals surface area (Å²) in [4.78, 5) is 0.434. The van der Waals surface area contributed by atoms with E-state index in [9.17, 15) is 4.21 Å². The molecule has 1 aromatic rings. The van der Waals surface area contributed by atoms with Gasteiger partial charge in [0.05, 0.1) is 11.5 Å². The molecule has 3 nitrogen and oxygen atoms in total. The van der Waals surface area contributed by atoms with Gasteiger partial charge in [0.25, 0.3) is 0 Å². The van der Waals surface area contributed by atoms with Crippen molar-refractivity contribution in [1.29, 1.82) is 0 Å². The van der Waals surface area contributed by atoms with Crippen LogP contribution in [0.2, 0.25) is 0 Å². The highest BCUT2D eigenvalue weighted by Crippen LogP contribution is 2.19. The van der Waals surface area contributed by atoms with Gasteiger partial charge in [0.15, 0.2) is 11.1 Å². The van der Waals surface area contributed by atoms with Crippen LogP contribution in [0.15, 0.2) is 23.1 Å². The quantitative estimate of drug-likeness (QED) is 0.759. The minimum atomic E-state index is -1.91. The van der Waals surface area contributed by atoms with Gasteiger partial charge in [0.1, 0.15) is 5.75 Å². The Bertz CT molecular complexity index is 323. The fourth-order valence-corrected chi connectivity index (χ4v) is 1.59. The summed E-state index contributed by atoms with van der Waals surface area (Å²) in [5.41, 5.74) is 0.770. The van der Waals surface area contributed by atoms with Crippen LogP contribution in [0.5, 0.6) is 5.75 Å².